The molecule has 1 saturated heterocycles. The molecule has 1 amide bonds. The van der Waals surface area contributed by atoms with E-state index in [0.717, 1.165) is 43.4 Å². The molecule has 0 N–H and O–H groups in total. The Hall–Kier alpha value is -3.09. The van der Waals surface area contributed by atoms with Crippen LogP contribution in [0.4, 0.5) is 11.5 Å². The average molecular weight is 393 g/mol. The van der Waals surface area contributed by atoms with Gasteiger partial charge < -0.3 is 14.7 Å². The highest BCUT2D eigenvalue weighted by atomic mass is 16.2. The van der Waals surface area contributed by atoms with Gasteiger partial charge in [-0.3, -0.25) is 9.59 Å². The maximum absolute atomic E-state index is 12.7. The second kappa shape index (κ2) is 8.51. The number of piperidine rings is 1. The molecule has 7 nitrogen and oxygen atoms in total. The fourth-order valence-corrected chi connectivity index (χ4v) is 3.74. The number of anilines is 2. The van der Waals surface area contributed by atoms with E-state index in [1.54, 1.807) is 17.2 Å². The van der Waals surface area contributed by atoms with Crippen molar-refractivity contribution in [2.45, 2.75) is 26.3 Å². The highest BCUT2D eigenvalue weighted by Crippen LogP contribution is 2.20. The zero-order valence-electron chi connectivity index (χ0n) is 16.8. The fraction of sp³-hybridized carbons (Fsp3) is 0.409. The minimum absolute atomic E-state index is 0.0490. The third-order valence-electron chi connectivity index (χ3n) is 5.66. The summed E-state index contributed by atoms with van der Waals surface area (Å²) in [6.45, 7) is 5.36. The Morgan fingerprint density at radius 2 is 1.76 bits per heavy atom. The summed E-state index contributed by atoms with van der Waals surface area (Å²) >= 11 is 0. The van der Waals surface area contributed by atoms with E-state index < -0.39 is 0 Å². The normalized spacial score (nSPS) is 17.6. The second-order valence-corrected chi connectivity index (χ2v) is 7.77. The first kappa shape index (κ1) is 19.2. The molecule has 0 radical (unpaired) electrons. The van der Waals surface area contributed by atoms with E-state index in [4.69, 9.17) is 0 Å². The minimum atomic E-state index is -0.251. The van der Waals surface area contributed by atoms with Crippen LogP contribution in [0, 0.1) is 5.92 Å². The Balaban J connectivity index is 1.42. The third kappa shape index (κ3) is 4.50. The molecule has 1 aromatic carbocycles. The SMILES string of the molecule is CC1CCN(c2ccc(=O)n(CC(=O)N3C=CN(c4ccccc4)CC3)n2)CC1. The smallest absolute Gasteiger partial charge is 0.267 e. The number of rotatable bonds is 4. The molecule has 29 heavy (non-hydrogen) atoms. The maximum atomic E-state index is 12.7. The van der Waals surface area contributed by atoms with Crippen molar-refractivity contribution in [3.8, 4) is 0 Å². The number of benzene rings is 1. The zero-order chi connectivity index (χ0) is 20.2. The van der Waals surface area contributed by atoms with Crippen LogP contribution in [0.5, 0.6) is 0 Å². The highest BCUT2D eigenvalue weighted by Gasteiger charge is 2.20. The van der Waals surface area contributed by atoms with Crippen LogP contribution in [0.3, 0.4) is 0 Å². The van der Waals surface area contributed by atoms with Gasteiger partial charge in [-0.15, -0.1) is 0 Å². The molecular formula is C22H27N5O2. The van der Waals surface area contributed by atoms with Crippen LogP contribution in [-0.4, -0.2) is 46.8 Å². The number of amides is 1. The van der Waals surface area contributed by atoms with Crippen LogP contribution in [-0.2, 0) is 11.3 Å². The van der Waals surface area contributed by atoms with E-state index in [-0.39, 0.29) is 18.0 Å². The predicted molar refractivity (Wildman–Crippen MR) is 114 cm³/mol. The average Bonchev–Trinajstić information content (AvgIpc) is 2.76. The third-order valence-corrected chi connectivity index (χ3v) is 5.66. The van der Waals surface area contributed by atoms with E-state index in [2.05, 4.69) is 21.8 Å². The molecule has 1 fully saturated rings. The number of nitrogens with zero attached hydrogens (tertiary/aromatic N) is 5. The van der Waals surface area contributed by atoms with Crippen LogP contribution in [0.2, 0.25) is 0 Å². The van der Waals surface area contributed by atoms with E-state index in [1.165, 1.54) is 10.7 Å². The number of para-hydroxylation sites is 1. The van der Waals surface area contributed by atoms with Crippen molar-refractivity contribution >= 4 is 17.4 Å². The van der Waals surface area contributed by atoms with Gasteiger partial charge in [-0.05, 0) is 37.0 Å². The summed E-state index contributed by atoms with van der Waals surface area (Å²) in [5.74, 6) is 1.36. The van der Waals surface area contributed by atoms with E-state index in [1.807, 2.05) is 36.5 Å². The quantitative estimate of drug-likeness (QED) is 0.798. The molecule has 3 heterocycles. The summed E-state index contributed by atoms with van der Waals surface area (Å²) in [4.78, 5) is 30.9. The summed E-state index contributed by atoms with van der Waals surface area (Å²) in [5, 5.41) is 4.47. The minimum Gasteiger partial charge on any atom is -0.355 e. The number of carbonyl (C=O) groups is 1. The van der Waals surface area contributed by atoms with Gasteiger partial charge in [0.05, 0.1) is 0 Å². The largest absolute Gasteiger partial charge is 0.355 e. The van der Waals surface area contributed by atoms with Crippen LogP contribution in [0.1, 0.15) is 19.8 Å². The van der Waals surface area contributed by atoms with Crippen molar-refractivity contribution < 1.29 is 4.79 Å². The summed E-state index contributed by atoms with van der Waals surface area (Å²) in [6.07, 6.45) is 5.92. The van der Waals surface area contributed by atoms with Crippen molar-refractivity contribution in [2.75, 3.05) is 36.0 Å². The van der Waals surface area contributed by atoms with Gasteiger partial charge in [0.2, 0.25) is 5.91 Å². The second-order valence-electron chi connectivity index (χ2n) is 7.77. The van der Waals surface area contributed by atoms with Gasteiger partial charge in [0.1, 0.15) is 12.4 Å². The van der Waals surface area contributed by atoms with Crippen LogP contribution in [0.15, 0.2) is 59.7 Å². The monoisotopic (exact) mass is 393 g/mol. The fourth-order valence-electron chi connectivity index (χ4n) is 3.74. The van der Waals surface area contributed by atoms with Gasteiger partial charge in [0.25, 0.3) is 5.56 Å². The first-order chi connectivity index (χ1) is 14.1. The van der Waals surface area contributed by atoms with Gasteiger partial charge in [-0.25, -0.2) is 4.68 Å². The van der Waals surface area contributed by atoms with E-state index in [0.29, 0.717) is 13.1 Å². The van der Waals surface area contributed by atoms with Crippen LogP contribution >= 0.6 is 0 Å². The summed E-state index contributed by atoms with van der Waals surface area (Å²) in [5.41, 5.74) is 0.844. The van der Waals surface area contributed by atoms with Gasteiger partial charge in [0.15, 0.2) is 0 Å². The molecule has 0 unspecified atom stereocenters. The van der Waals surface area contributed by atoms with Crippen LogP contribution in [0.25, 0.3) is 0 Å². The molecule has 2 aromatic rings. The van der Waals surface area contributed by atoms with Gasteiger partial charge in [-0.2, -0.15) is 5.10 Å². The lowest BCUT2D eigenvalue weighted by Crippen LogP contribution is -2.41. The lowest BCUT2D eigenvalue weighted by molar-refractivity contribution is -0.129. The van der Waals surface area contributed by atoms with Gasteiger partial charge in [-0.1, -0.05) is 25.1 Å². The Morgan fingerprint density at radius 1 is 1.00 bits per heavy atom. The molecular weight excluding hydrogens is 366 g/mol. The lowest BCUT2D eigenvalue weighted by Gasteiger charge is -2.31. The maximum Gasteiger partial charge on any atom is 0.267 e. The summed E-state index contributed by atoms with van der Waals surface area (Å²) < 4.78 is 1.28. The van der Waals surface area contributed by atoms with E-state index >= 15 is 0 Å². The molecule has 1 aromatic heterocycles. The van der Waals surface area contributed by atoms with Gasteiger partial charge >= 0.3 is 0 Å². The number of hydrogen-bond donors (Lipinski definition) is 0. The Kier molecular flexibility index (Phi) is 5.64. The van der Waals surface area contributed by atoms with Crippen molar-refractivity contribution in [3.63, 3.8) is 0 Å². The molecule has 0 saturated carbocycles. The molecule has 7 heteroatoms. The summed E-state index contributed by atoms with van der Waals surface area (Å²) in [6, 6.07) is 13.3. The Morgan fingerprint density at radius 3 is 2.45 bits per heavy atom. The number of carbonyl (C=O) groups excluding carboxylic acids is 1. The molecule has 0 spiro atoms. The van der Waals surface area contributed by atoms with Crippen molar-refractivity contribution in [1.82, 2.24) is 14.7 Å². The predicted octanol–water partition coefficient (Wildman–Crippen LogP) is 2.30. The first-order valence-corrected chi connectivity index (χ1v) is 10.2. The lowest BCUT2D eigenvalue weighted by atomic mass is 9.99. The highest BCUT2D eigenvalue weighted by molar-refractivity contribution is 5.77. The van der Waals surface area contributed by atoms with Gasteiger partial charge in [0, 0.05) is 50.3 Å². The number of aromatic nitrogens is 2. The molecule has 152 valence electrons. The van der Waals surface area contributed by atoms with Crippen molar-refractivity contribution in [1.29, 1.82) is 0 Å². The molecule has 4 rings (SSSR count). The standard InChI is InChI=1S/C22H27N5O2/c1-18-9-11-25(12-10-18)20-7-8-21(28)27(23-20)17-22(29)26-15-13-24(14-16-26)19-5-3-2-4-6-19/h2-8,13,15,18H,9-12,14,16-17H2,1H3. The Bertz CT molecular complexity index is 932. The molecule has 2 aliphatic heterocycles. The van der Waals surface area contributed by atoms with Crippen molar-refractivity contribution in [3.05, 3.63) is 65.2 Å². The number of hydrogen-bond acceptors (Lipinski definition) is 5. The zero-order valence-corrected chi connectivity index (χ0v) is 16.8. The molecule has 0 bridgehead atoms. The topological polar surface area (TPSA) is 61.7 Å². The molecule has 0 aliphatic carbocycles. The van der Waals surface area contributed by atoms with Crippen LogP contribution < -0.4 is 15.4 Å². The van der Waals surface area contributed by atoms with E-state index in [9.17, 15) is 9.59 Å². The van der Waals surface area contributed by atoms with Crippen molar-refractivity contribution in [2.24, 2.45) is 5.92 Å². The first-order valence-electron chi connectivity index (χ1n) is 10.2. The molecule has 2 aliphatic rings. The summed E-state index contributed by atoms with van der Waals surface area (Å²) in [7, 11) is 0. The Labute approximate surface area is 170 Å². The molecule has 0 atom stereocenters.